The van der Waals surface area contributed by atoms with Crippen molar-refractivity contribution >= 4 is 0 Å². The zero-order chi connectivity index (χ0) is 23.3. The van der Waals surface area contributed by atoms with Crippen LogP contribution >= 0.6 is 0 Å². The maximum Gasteiger partial charge on any atom is 0.256 e. The molecular weight excluding hydrogens is 388 g/mol. The zero-order valence-electron chi connectivity index (χ0n) is 22.7. The molecule has 0 aromatic carbocycles. The molecule has 1 heterocycles. The van der Waals surface area contributed by atoms with Gasteiger partial charge in [0.25, 0.3) is 5.82 Å². The van der Waals surface area contributed by atoms with Gasteiger partial charge in [-0.25, -0.2) is 9.13 Å². The quantitative estimate of drug-likeness (QED) is 0.117. The average Bonchev–Trinajstić information content (AvgIpc) is 3.19. The number of nitrogens with zero attached hydrogens (tertiary/aromatic N) is 2. The van der Waals surface area contributed by atoms with Crippen molar-refractivity contribution in [3.63, 3.8) is 0 Å². The van der Waals surface area contributed by atoms with Gasteiger partial charge in [0.05, 0.1) is 12.6 Å². The number of aromatic nitrogens is 2. The van der Waals surface area contributed by atoms with Gasteiger partial charge in [-0.3, -0.25) is 0 Å². The van der Waals surface area contributed by atoms with Gasteiger partial charge in [0.1, 0.15) is 12.4 Å². The standard InChI is InChI=1S/C30H59N2/c1-5-7-9-11-12-13-14-15-16-17-18-19-20-21-23-25-30-31(26-24-22-10-8-6-2)27-28-32(30)29(3)4/h27-29H,5-26H2,1-4H3/q+1. The first-order valence-electron chi connectivity index (χ1n) is 14.8. The van der Waals surface area contributed by atoms with Gasteiger partial charge in [-0.1, -0.05) is 123 Å². The van der Waals surface area contributed by atoms with Gasteiger partial charge in [-0.2, -0.15) is 0 Å². The lowest BCUT2D eigenvalue weighted by Gasteiger charge is -2.08. The molecule has 0 aliphatic rings. The molecular formula is C30H59N2+. The Labute approximate surface area is 202 Å². The molecule has 0 N–H and O–H groups in total. The van der Waals surface area contributed by atoms with E-state index in [1.54, 1.807) is 5.82 Å². The van der Waals surface area contributed by atoms with Crippen molar-refractivity contribution < 1.29 is 4.57 Å². The van der Waals surface area contributed by atoms with Crippen LogP contribution in [-0.4, -0.2) is 4.57 Å². The van der Waals surface area contributed by atoms with Gasteiger partial charge in [0.15, 0.2) is 0 Å². The fourth-order valence-electron chi connectivity index (χ4n) is 4.96. The van der Waals surface area contributed by atoms with Crippen LogP contribution < -0.4 is 4.57 Å². The molecule has 0 spiro atoms. The van der Waals surface area contributed by atoms with Gasteiger partial charge >= 0.3 is 0 Å². The third kappa shape index (κ3) is 14.4. The van der Waals surface area contributed by atoms with E-state index >= 15 is 0 Å². The van der Waals surface area contributed by atoms with Crippen molar-refractivity contribution in [3.8, 4) is 0 Å². The molecule has 0 atom stereocenters. The lowest BCUT2D eigenvalue weighted by molar-refractivity contribution is -0.704. The van der Waals surface area contributed by atoms with Crippen LogP contribution in [-0.2, 0) is 13.0 Å². The molecule has 0 amide bonds. The molecule has 0 radical (unpaired) electrons. The van der Waals surface area contributed by atoms with Crippen LogP contribution in [0.4, 0.5) is 0 Å². The minimum absolute atomic E-state index is 0.572. The minimum atomic E-state index is 0.572. The molecule has 32 heavy (non-hydrogen) atoms. The summed E-state index contributed by atoms with van der Waals surface area (Å²) in [5, 5.41) is 0. The first-order chi connectivity index (χ1) is 15.7. The van der Waals surface area contributed by atoms with Crippen molar-refractivity contribution in [1.82, 2.24) is 4.57 Å². The maximum atomic E-state index is 2.55. The number of aryl methyl sites for hydroxylation is 1. The summed E-state index contributed by atoms with van der Waals surface area (Å²) in [7, 11) is 0. The Morgan fingerprint density at radius 2 is 1.00 bits per heavy atom. The van der Waals surface area contributed by atoms with Crippen LogP contribution in [0.3, 0.4) is 0 Å². The largest absolute Gasteiger partial charge is 0.256 e. The second-order valence-electron chi connectivity index (χ2n) is 10.5. The Morgan fingerprint density at radius 1 is 0.594 bits per heavy atom. The highest BCUT2D eigenvalue weighted by Crippen LogP contribution is 2.15. The average molecular weight is 448 g/mol. The van der Waals surface area contributed by atoms with E-state index in [4.69, 9.17) is 0 Å². The number of hydrogen-bond donors (Lipinski definition) is 0. The number of unbranched alkanes of at least 4 members (excludes halogenated alkanes) is 18. The lowest BCUT2D eigenvalue weighted by atomic mass is 10.0. The SMILES string of the molecule is CCCCCCCCCCCCCCCCCc1n(C(C)C)cc[n+]1CCCCCCC. The third-order valence-electron chi connectivity index (χ3n) is 7.10. The summed E-state index contributed by atoms with van der Waals surface area (Å²) in [6.07, 6.45) is 34.4. The Hall–Kier alpha value is -0.790. The smallest absolute Gasteiger partial charge is 0.234 e. The molecule has 0 saturated heterocycles. The molecule has 0 aliphatic carbocycles. The van der Waals surface area contributed by atoms with Crippen molar-refractivity contribution in [2.45, 2.75) is 175 Å². The Bertz CT molecular complexity index is 517. The van der Waals surface area contributed by atoms with Gasteiger partial charge in [0, 0.05) is 6.42 Å². The predicted octanol–water partition coefficient (Wildman–Crippen LogP) is 9.74. The van der Waals surface area contributed by atoms with Gasteiger partial charge < -0.3 is 0 Å². The fraction of sp³-hybridized carbons (Fsp3) is 0.900. The summed E-state index contributed by atoms with van der Waals surface area (Å²) in [5.41, 5.74) is 0. The minimum Gasteiger partial charge on any atom is -0.234 e. The molecule has 1 aromatic rings. The third-order valence-corrected chi connectivity index (χ3v) is 7.10. The van der Waals surface area contributed by atoms with E-state index in [1.807, 2.05) is 0 Å². The molecule has 2 nitrogen and oxygen atoms in total. The van der Waals surface area contributed by atoms with Crippen molar-refractivity contribution in [2.75, 3.05) is 0 Å². The summed E-state index contributed by atoms with van der Waals surface area (Å²) in [6.45, 7) is 10.4. The fourth-order valence-corrected chi connectivity index (χ4v) is 4.96. The van der Waals surface area contributed by atoms with Crippen LogP contribution in [0.1, 0.15) is 168 Å². The van der Waals surface area contributed by atoms with E-state index < -0.39 is 0 Å². The van der Waals surface area contributed by atoms with Crippen molar-refractivity contribution in [3.05, 3.63) is 18.2 Å². The second-order valence-corrected chi connectivity index (χ2v) is 10.5. The molecule has 0 aliphatic heterocycles. The number of rotatable bonds is 23. The number of imidazole rings is 1. The van der Waals surface area contributed by atoms with E-state index in [9.17, 15) is 0 Å². The Morgan fingerprint density at radius 3 is 1.44 bits per heavy atom. The van der Waals surface area contributed by atoms with Crippen molar-refractivity contribution in [1.29, 1.82) is 0 Å². The van der Waals surface area contributed by atoms with Crippen LogP contribution in [0.2, 0.25) is 0 Å². The molecule has 1 rings (SSSR count). The van der Waals surface area contributed by atoms with Gasteiger partial charge in [-0.15, -0.1) is 0 Å². The van der Waals surface area contributed by atoms with E-state index in [2.05, 4.69) is 49.2 Å². The second kappa shape index (κ2) is 20.8. The first-order valence-corrected chi connectivity index (χ1v) is 14.8. The van der Waals surface area contributed by atoms with E-state index in [0.29, 0.717) is 6.04 Å². The molecule has 0 unspecified atom stereocenters. The van der Waals surface area contributed by atoms with Crippen LogP contribution in [0.5, 0.6) is 0 Å². The molecule has 0 fully saturated rings. The lowest BCUT2D eigenvalue weighted by Crippen LogP contribution is -2.37. The normalized spacial score (nSPS) is 11.7. The van der Waals surface area contributed by atoms with Crippen LogP contribution in [0, 0.1) is 0 Å². The summed E-state index contributed by atoms with van der Waals surface area (Å²) >= 11 is 0. The maximum absolute atomic E-state index is 2.55. The Kier molecular flexibility index (Phi) is 19.0. The van der Waals surface area contributed by atoms with E-state index in [-0.39, 0.29) is 0 Å². The highest BCUT2D eigenvalue weighted by molar-refractivity contribution is 4.86. The van der Waals surface area contributed by atoms with Gasteiger partial charge in [-0.05, 0) is 33.1 Å². The van der Waals surface area contributed by atoms with E-state index in [1.165, 1.54) is 141 Å². The molecule has 188 valence electrons. The summed E-state index contributed by atoms with van der Waals surface area (Å²) in [6, 6.07) is 0.572. The Balaban J connectivity index is 2.07. The highest BCUT2D eigenvalue weighted by atomic mass is 15.2. The molecule has 1 aromatic heterocycles. The summed E-state index contributed by atoms with van der Waals surface area (Å²) in [5.74, 6) is 1.56. The number of hydrogen-bond acceptors (Lipinski definition) is 0. The monoisotopic (exact) mass is 447 g/mol. The van der Waals surface area contributed by atoms with Crippen LogP contribution in [0.25, 0.3) is 0 Å². The summed E-state index contributed by atoms with van der Waals surface area (Å²) in [4.78, 5) is 0. The molecule has 0 bridgehead atoms. The highest BCUT2D eigenvalue weighted by Gasteiger charge is 2.18. The molecule has 0 saturated carbocycles. The topological polar surface area (TPSA) is 8.81 Å². The van der Waals surface area contributed by atoms with Crippen LogP contribution in [0.15, 0.2) is 12.4 Å². The first kappa shape index (κ1) is 29.2. The predicted molar refractivity (Wildman–Crippen MR) is 142 cm³/mol. The summed E-state index contributed by atoms with van der Waals surface area (Å²) < 4.78 is 5.06. The zero-order valence-corrected chi connectivity index (χ0v) is 22.7. The van der Waals surface area contributed by atoms with E-state index in [0.717, 1.165) is 0 Å². The molecule has 2 heteroatoms. The van der Waals surface area contributed by atoms with Gasteiger partial charge in [0.2, 0.25) is 0 Å². The van der Waals surface area contributed by atoms with Crippen molar-refractivity contribution in [2.24, 2.45) is 0 Å².